The van der Waals surface area contributed by atoms with Gasteiger partial charge in [-0.05, 0) is 13.0 Å². The molecule has 0 spiro atoms. The minimum Gasteiger partial charge on any atom is -0.344 e. The Kier molecular flexibility index (Phi) is 72.8. The van der Waals surface area contributed by atoms with Crippen molar-refractivity contribution in [2.45, 2.75) is 71.1 Å². The van der Waals surface area contributed by atoms with Crippen LogP contribution in [0.3, 0.4) is 0 Å². The van der Waals surface area contributed by atoms with Crippen molar-refractivity contribution >= 4 is 37.2 Å². The van der Waals surface area contributed by atoms with Crippen molar-refractivity contribution < 1.29 is 0 Å². The Hall–Kier alpha value is 0.750. The molecule has 18 heavy (non-hydrogen) atoms. The second-order valence-corrected chi connectivity index (χ2v) is 3.97. The fraction of sp³-hybridized carbons (Fsp3) is 1.00. The number of rotatable bonds is 10. The lowest BCUT2D eigenvalue weighted by Gasteiger charge is -2.00. The molecule has 0 rings (SSSR count). The van der Waals surface area contributed by atoms with Crippen molar-refractivity contribution in [2.24, 2.45) is 5.73 Å². The lowest BCUT2D eigenvalue weighted by molar-refractivity contribution is 0.558. The molecule has 3 nitrogen and oxygen atoms in total. The van der Waals surface area contributed by atoms with E-state index in [1.165, 1.54) is 64.2 Å². The third kappa shape index (κ3) is 36.0. The third-order valence-corrected chi connectivity index (χ3v) is 2.56. The van der Waals surface area contributed by atoms with E-state index >= 15 is 0 Å². The van der Waals surface area contributed by atoms with Gasteiger partial charge in [-0.1, -0.05) is 64.7 Å². The van der Waals surface area contributed by atoms with E-state index in [0.717, 1.165) is 6.54 Å². The summed E-state index contributed by atoms with van der Waals surface area (Å²) in [6.45, 7) is 3.14. The van der Waals surface area contributed by atoms with Gasteiger partial charge in [-0.2, -0.15) is 0 Å². The Morgan fingerprint density at radius 3 is 1.11 bits per heavy atom. The Balaban J connectivity index is -0.0000000720. The third-order valence-electron chi connectivity index (χ3n) is 2.56. The summed E-state index contributed by atoms with van der Waals surface area (Å²) in [6, 6.07) is 0. The summed E-state index contributed by atoms with van der Waals surface area (Å²) in [5.74, 6) is 0. The van der Waals surface area contributed by atoms with E-state index in [9.17, 15) is 0 Å². The van der Waals surface area contributed by atoms with Gasteiger partial charge in [0.2, 0.25) is 0 Å². The van der Waals surface area contributed by atoms with Gasteiger partial charge in [0.15, 0.2) is 0 Å². The maximum atomic E-state index is 5.42. The average molecular weight is 329 g/mol. The molecule has 6 heteroatoms. The zero-order chi connectivity index (χ0) is 9.78. The minimum atomic E-state index is 0. The highest BCUT2D eigenvalue weighted by Crippen LogP contribution is 2.09. The standard InChI is InChI=1S/C12H27N.3ClH.2H3N/c1-2-3-4-5-6-7-8-9-10-11-12-13;;;;;/h2-13H2,1H3;3*1H;2*1H3. The lowest BCUT2D eigenvalue weighted by Crippen LogP contribution is -1.97. The summed E-state index contributed by atoms with van der Waals surface area (Å²) in [5, 5.41) is 0. The van der Waals surface area contributed by atoms with Gasteiger partial charge in [0, 0.05) is 0 Å². The molecule has 0 aromatic heterocycles. The van der Waals surface area contributed by atoms with Gasteiger partial charge >= 0.3 is 0 Å². The van der Waals surface area contributed by atoms with Gasteiger partial charge in [-0.25, -0.2) is 0 Å². The zero-order valence-electron chi connectivity index (χ0n) is 12.0. The van der Waals surface area contributed by atoms with E-state index in [0.29, 0.717) is 0 Å². The topological polar surface area (TPSA) is 96.0 Å². The predicted octanol–water partition coefficient (Wildman–Crippen LogP) is 5.46. The molecule has 0 heterocycles. The summed E-state index contributed by atoms with van der Waals surface area (Å²) >= 11 is 0. The zero-order valence-corrected chi connectivity index (χ0v) is 14.4. The molecule has 0 unspecified atom stereocenters. The maximum Gasteiger partial charge on any atom is -0.00773 e. The van der Waals surface area contributed by atoms with Crippen molar-refractivity contribution in [1.29, 1.82) is 0 Å². The van der Waals surface area contributed by atoms with Gasteiger partial charge < -0.3 is 18.0 Å². The smallest absolute Gasteiger partial charge is 0.00773 e. The quantitative estimate of drug-likeness (QED) is 0.465. The first-order chi connectivity index (χ1) is 6.41. The highest BCUT2D eigenvalue weighted by atomic mass is 35.5. The van der Waals surface area contributed by atoms with Gasteiger partial charge in [0.25, 0.3) is 0 Å². The molecule has 0 bridgehead atoms. The fourth-order valence-corrected chi connectivity index (χ4v) is 1.63. The monoisotopic (exact) mass is 327 g/mol. The maximum absolute atomic E-state index is 5.42. The van der Waals surface area contributed by atoms with Crippen LogP contribution < -0.4 is 18.0 Å². The summed E-state index contributed by atoms with van der Waals surface area (Å²) in [4.78, 5) is 0. The summed E-state index contributed by atoms with van der Waals surface area (Å²) < 4.78 is 0. The highest BCUT2D eigenvalue weighted by molar-refractivity contribution is 5.86. The van der Waals surface area contributed by atoms with Crippen LogP contribution in [0, 0.1) is 0 Å². The first kappa shape index (κ1) is 36.3. The molecule has 0 saturated heterocycles. The number of halogens is 3. The molecule has 0 amide bonds. The fourth-order valence-electron chi connectivity index (χ4n) is 1.63. The minimum absolute atomic E-state index is 0. The molecule has 0 radical (unpaired) electrons. The van der Waals surface area contributed by atoms with Crippen LogP contribution >= 0.6 is 37.2 Å². The van der Waals surface area contributed by atoms with Gasteiger partial charge in [0.1, 0.15) is 0 Å². The van der Waals surface area contributed by atoms with Gasteiger partial charge in [0.05, 0.1) is 0 Å². The van der Waals surface area contributed by atoms with Crippen LogP contribution in [-0.4, -0.2) is 6.54 Å². The largest absolute Gasteiger partial charge is 0.344 e. The number of hydrogen-bond acceptors (Lipinski definition) is 3. The molecule has 0 fully saturated rings. The van der Waals surface area contributed by atoms with Crippen LogP contribution in [0.25, 0.3) is 0 Å². The number of nitrogens with two attached hydrogens (primary N) is 1. The highest BCUT2D eigenvalue weighted by Gasteiger charge is 1.90. The predicted molar refractivity (Wildman–Crippen MR) is 92.7 cm³/mol. The number of unbranched alkanes of at least 4 members (excludes halogenated alkanes) is 9. The van der Waals surface area contributed by atoms with Crippen LogP contribution in [0.4, 0.5) is 0 Å². The van der Waals surface area contributed by atoms with E-state index in [4.69, 9.17) is 5.73 Å². The van der Waals surface area contributed by atoms with Gasteiger partial charge in [-0.15, -0.1) is 37.2 Å². The van der Waals surface area contributed by atoms with Crippen molar-refractivity contribution in [3.8, 4) is 0 Å². The second kappa shape index (κ2) is 36.1. The van der Waals surface area contributed by atoms with E-state index in [2.05, 4.69) is 6.92 Å². The Bertz CT molecular complexity index is 88.6. The van der Waals surface area contributed by atoms with E-state index in [1.54, 1.807) is 0 Å². The molecular weight excluding hydrogens is 293 g/mol. The summed E-state index contributed by atoms with van der Waals surface area (Å²) in [6.07, 6.45) is 13.9. The Morgan fingerprint density at radius 2 is 0.833 bits per heavy atom. The van der Waals surface area contributed by atoms with Crippen LogP contribution in [0.1, 0.15) is 71.1 Å². The molecule has 120 valence electrons. The molecule has 0 aliphatic carbocycles. The molecular formula is C12H36Cl3N3. The normalized spacial score (nSPS) is 7.67. The molecule has 0 saturated carbocycles. The van der Waals surface area contributed by atoms with Crippen molar-refractivity contribution in [2.75, 3.05) is 6.54 Å². The first-order valence-electron chi connectivity index (χ1n) is 6.12. The molecule has 8 N–H and O–H groups in total. The SMILES string of the molecule is CCCCCCCCCCCCN.Cl.Cl.Cl.N.N. The van der Waals surface area contributed by atoms with E-state index < -0.39 is 0 Å². The molecule has 0 aliphatic heterocycles. The lowest BCUT2D eigenvalue weighted by atomic mass is 10.1. The molecule has 0 aromatic carbocycles. The molecule has 0 aromatic rings. The van der Waals surface area contributed by atoms with Crippen molar-refractivity contribution in [1.82, 2.24) is 12.3 Å². The second-order valence-electron chi connectivity index (χ2n) is 3.97. The molecule has 0 atom stereocenters. The average Bonchev–Trinajstić information content (AvgIpc) is 2.16. The van der Waals surface area contributed by atoms with Gasteiger partial charge in [-0.3, -0.25) is 0 Å². The van der Waals surface area contributed by atoms with Crippen LogP contribution in [0.5, 0.6) is 0 Å². The van der Waals surface area contributed by atoms with Crippen LogP contribution in [0.15, 0.2) is 0 Å². The van der Waals surface area contributed by atoms with Crippen LogP contribution in [-0.2, 0) is 0 Å². The van der Waals surface area contributed by atoms with E-state index in [-0.39, 0.29) is 49.5 Å². The van der Waals surface area contributed by atoms with E-state index in [1.807, 2.05) is 0 Å². The Morgan fingerprint density at radius 1 is 0.556 bits per heavy atom. The Labute approximate surface area is 133 Å². The van der Waals surface area contributed by atoms with Crippen molar-refractivity contribution in [3.05, 3.63) is 0 Å². The van der Waals surface area contributed by atoms with Crippen molar-refractivity contribution in [3.63, 3.8) is 0 Å². The van der Waals surface area contributed by atoms with Crippen LogP contribution in [0.2, 0.25) is 0 Å². The summed E-state index contributed by atoms with van der Waals surface area (Å²) in [5.41, 5.74) is 5.42. The number of hydrogen-bond donors (Lipinski definition) is 3. The molecule has 0 aliphatic rings. The summed E-state index contributed by atoms with van der Waals surface area (Å²) in [7, 11) is 0. The first-order valence-corrected chi connectivity index (χ1v) is 6.12.